The quantitative estimate of drug-likeness (QED) is 0.417. The summed E-state index contributed by atoms with van der Waals surface area (Å²) < 4.78 is 3.56. The van der Waals surface area contributed by atoms with Gasteiger partial charge < -0.3 is 4.90 Å². The van der Waals surface area contributed by atoms with Crippen molar-refractivity contribution in [2.75, 3.05) is 0 Å². The minimum absolute atomic E-state index is 0.0530. The van der Waals surface area contributed by atoms with Crippen molar-refractivity contribution in [3.05, 3.63) is 90.7 Å². The van der Waals surface area contributed by atoms with Crippen LogP contribution in [-0.2, 0) is 18.4 Å². The van der Waals surface area contributed by atoms with Crippen molar-refractivity contribution in [1.29, 1.82) is 0 Å². The van der Waals surface area contributed by atoms with Gasteiger partial charge in [0.15, 0.2) is 0 Å². The maximum atomic E-state index is 13.1. The molecular formula is C25H26N6O. The third-order valence-corrected chi connectivity index (χ3v) is 5.12. The highest BCUT2D eigenvalue weighted by molar-refractivity contribution is 5.93. The van der Waals surface area contributed by atoms with Gasteiger partial charge in [-0.25, -0.2) is 4.68 Å². The molecule has 0 saturated carbocycles. The first-order valence-corrected chi connectivity index (χ1v) is 10.5. The number of benzene rings is 1. The summed E-state index contributed by atoms with van der Waals surface area (Å²) in [6.45, 7) is 4.53. The molecule has 0 unspecified atom stereocenters. The van der Waals surface area contributed by atoms with Gasteiger partial charge in [-0.15, -0.1) is 0 Å². The number of hydrogen-bond acceptors (Lipinski definition) is 4. The van der Waals surface area contributed by atoms with E-state index in [4.69, 9.17) is 5.10 Å². The zero-order valence-corrected chi connectivity index (χ0v) is 18.5. The number of carbonyl (C=O) groups is 1. The highest BCUT2D eigenvalue weighted by atomic mass is 16.2. The monoisotopic (exact) mass is 426 g/mol. The predicted molar refractivity (Wildman–Crippen MR) is 125 cm³/mol. The Labute approximate surface area is 187 Å². The van der Waals surface area contributed by atoms with Gasteiger partial charge in [-0.2, -0.15) is 10.2 Å². The predicted octanol–water partition coefficient (Wildman–Crippen LogP) is 4.12. The van der Waals surface area contributed by atoms with E-state index in [0.717, 1.165) is 28.1 Å². The second kappa shape index (κ2) is 9.43. The Bertz CT molecular complexity index is 1210. The molecule has 3 aromatic heterocycles. The number of aromatic nitrogens is 5. The van der Waals surface area contributed by atoms with E-state index in [1.165, 1.54) is 0 Å². The van der Waals surface area contributed by atoms with E-state index in [2.05, 4.69) is 10.1 Å². The van der Waals surface area contributed by atoms with Gasteiger partial charge >= 0.3 is 0 Å². The lowest BCUT2D eigenvalue weighted by molar-refractivity contribution is -0.128. The van der Waals surface area contributed by atoms with Crippen LogP contribution in [0.1, 0.15) is 25.0 Å². The Morgan fingerprint density at radius 2 is 1.91 bits per heavy atom. The summed E-state index contributed by atoms with van der Waals surface area (Å²) in [6.07, 6.45) is 12.6. The van der Waals surface area contributed by atoms with Crippen LogP contribution < -0.4 is 0 Å². The van der Waals surface area contributed by atoms with Gasteiger partial charge in [0, 0.05) is 67.2 Å². The molecule has 4 rings (SSSR count). The standard InChI is InChI=1S/C25H26N6O/c1-19(2)30(17-20-14-27-29(3)16-20)24(32)12-11-22-18-31(23-9-5-4-6-10-23)28-25(22)21-8-7-13-26-15-21/h4-16,18-19H,17H2,1-3H3. The zero-order chi connectivity index (χ0) is 22.5. The van der Waals surface area contributed by atoms with Crippen LogP contribution in [0.25, 0.3) is 23.0 Å². The van der Waals surface area contributed by atoms with E-state index in [9.17, 15) is 4.79 Å². The largest absolute Gasteiger partial charge is 0.332 e. The van der Waals surface area contributed by atoms with Crippen LogP contribution in [0.5, 0.6) is 0 Å². The Morgan fingerprint density at radius 3 is 2.56 bits per heavy atom. The van der Waals surface area contributed by atoms with E-state index in [1.54, 1.807) is 29.3 Å². The molecule has 0 bridgehead atoms. The van der Waals surface area contributed by atoms with Gasteiger partial charge in [-0.3, -0.25) is 14.5 Å². The number of hydrogen-bond donors (Lipinski definition) is 0. The lowest BCUT2D eigenvalue weighted by atomic mass is 10.1. The van der Waals surface area contributed by atoms with Crippen molar-refractivity contribution in [3.63, 3.8) is 0 Å². The summed E-state index contributed by atoms with van der Waals surface area (Å²) in [6, 6.07) is 13.8. The number of amides is 1. The highest BCUT2D eigenvalue weighted by Gasteiger charge is 2.17. The van der Waals surface area contributed by atoms with Gasteiger partial charge in [0.05, 0.1) is 11.9 Å². The fourth-order valence-corrected chi connectivity index (χ4v) is 3.47. The maximum Gasteiger partial charge on any atom is 0.247 e. The smallest absolute Gasteiger partial charge is 0.247 e. The molecule has 0 fully saturated rings. The van der Waals surface area contributed by atoms with Crippen LogP contribution in [-0.4, -0.2) is 41.4 Å². The van der Waals surface area contributed by atoms with Gasteiger partial charge in [0.1, 0.15) is 5.69 Å². The highest BCUT2D eigenvalue weighted by Crippen LogP contribution is 2.24. The molecule has 0 aliphatic carbocycles. The molecule has 7 nitrogen and oxygen atoms in total. The Balaban J connectivity index is 1.64. The summed E-state index contributed by atoms with van der Waals surface area (Å²) in [5, 5.41) is 8.97. The van der Waals surface area contributed by atoms with Gasteiger partial charge in [-0.05, 0) is 44.2 Å². The molecule has 7 heteroatoms. The summed E-state index contributed by atoms with van der Waals surface area (Å²) in [7, 11) is 1.87. The first-order chi connectivity index (χ1) is 15.5. The third-order valence-electron chi connectivity index (χ3n) is 5.12. The second-order valence-corrected chi connectivity index (χ2v) is 7.87. The van der Waals surface area contributed by atoms with Crippen LogP contribution in [0.2, 0.25) is 0 Å². The molecule has 0 saturated heterocycles. The second-order valence-electron chi connectivity index (χ2n) is 7.87. The van der Waals surface area contributed by atoms with Crippen molar-refractivity contribution in [1.82, 2.24) is 29.4 Å². The molecule has 4 aromatic rings. The molecule has 162 valence electrons. The van der Waals surface area contributed by atoms with Crippen molar-refractivity contribution >= 4 is 12.0 Å². The summed E-state index contributed by atoms with van der Waals surface area (Å²) in [5.41, 5.74) is 4.46. The molecule has 1 amide bonds. The van der Waals surface area contributed by atoms with E-state index in [1.807, 2.05) is 91.4 Å². The molecule has 0 aliphatic heterocycles. The van der Waals surface area contributed by atoms with Crippen molar-refractivity contribution < 1.29 is 4.79 Å². The minimum atomic E-state index is -0.0616. The zero-order valence-electron chi connectivity index (χ0n) is 18.5. The van der Waals surface area contributed by atoms with Crippen LogP contribution in [0.3, 0.4) is 0 Å². The number of rotatable bonds is 7. The molecule has 0 aliphatic rings. The first kappa shape index (κ1) is 21.2. The molecule has 1 aromatic carbocycles. The van der Waals surface area contributed by atoms with Gasteiger partial charge in [0.2, 0.25) is 5.91 Å². The number of nitrogens with zero attached hydrogens (tertiary/aromatic N) is 6. The molecule has 0 N–H and O–H groups in total. The Kier molecular flexibility index (Phi) is 6.26. The minimum Gasteiger partial charge on any atom is -0.332 e. The number of carbonyl (C=O) groups excluding carboxylic acids is 1. The number of para-hydroxylation sites is 1. The van der Waals surface area contributed by atoms with Crippen LogP contribution in [0.15, 0.2) is 79.5 Å². The summed E-state index contributed by atoms with van der Waals surface area (Å²) >= 11 is 0. The molecule has 32 heavy (non-hydrogen) atoms. The average molecular weight is 427 g/mol. The Hall–Kier alpha value is -4.00. The molecule has 0 atom stereocenters. The fraction of sp³-hybridized carbons (Fsp3) is 0.200. The topological polar surface area (TPSA) is 68.8 Å². The number of pyridine rings is 1. The SMILES string of the molecule is CC(C)N(Cc1cnn(C)c1)C(=O)C=Cc1cn(-c2ccccc2)nc1-c1cccnc1. The van der Waals surface area contributed by atoms with Crippen LogP contribution in [0, 0.1) is 0 Å². The summed E-state index contributed by atoms with van der Waals surface area (Å²) in [5.74, 6) is -0.0616. The number of aryl methyl sites for hydroxylation is 1. The van der Waals surface area contributed by atoms with Crippen LogP contribution >= 0.6 is 0 Å². The van der Waals surface area contributed by atoms with Gasteiger partial charge in [0.25, 0.3) is 0 Å². The van der Waals surface area contributed by atoms with E-state index in [0.29, 0.717) is 6.54 Å². The molecule has 0 radical (unpaired) electrons. The van der Waals surface area contributed by atoms with Crippen molar-refractivity contribution in [2.24, 2.45) is 7.05 Å². The fourth-order valence-electron chi connectivity index (χ4n) is 3.47. The molecule has 0 spiro atoms. The van der Waals surface area contributed by atoms with E-state index >= 15 is 0 Å². The summed E-state index contributed by atoms with van der Waals surface area (Å²) in [4.78, 5) is 19.1. The normalized spacial score (nSPS) is 11.4. The van der Waals surface area contributed by atoms with E-state index in [-0.39, 0.29) is 11.9 Å². The first-order valence-electron chi connectivity index (χ1n) is 10.5. The van der Waals surface area contributed by atoms with Gasteiger partial charge in [-0.1, -0.05) is 18.2 Å². The van der Waals surface area contributed by atoms with E-state index < -0.39 is 0 Å². The Morgan fingerprint density at radius 1 is 1.09 bits per heavy atom. The average Bonchev–Trinajstić information content (AvgIpc) is 3.43. The molecule has 3 heterocycles. The van der Waals surface area contributed by atoms with Crippen LogP contribution in [0.4, 0.5) is 0 Å². The maximum absolute atomic E-state index is 13.1. The third kappa shape index (κ3) is 4.83. The lowest BCUT2D eigenvalue weighted by Gasteiger charge is -2.24. The lowest BCUT2D eigenvalue weighted by Crippen LogP contribution is -2.35. The van der Waals surface area contributed by atoms with Crippen molar-refractivity contribution in [3.8, 4) is 16.9 Å². The molecular weight excluding hydrogens is 400 g/mol. The van der Waals surface area contributed by atoms with Crippen molar-refractivity contribution in [2.45, 2.75) is 26.4 Å².